The molecule has 1 fully saturated rings. The maximum Gasteiger partial charge on any atom is 0.0224 e. The van der Waals surface area contributed by atoms with Gasteiger partial charge in [0.15, 0.2) is 0 Å². The molecule has 9 heavy (non-hydrogen) atoms. The minimum atomic E-state index is 0.872. The SMILES string of the molecule is CCCCN1[C@H](C)[C@@H]1C. The van der Waals surface area contributed by atoms with Gasteiger partial charge in [0.2, 0.25) is 0 Å². The van der Waals surface area contributed by atoms with Crippen molar-refractivity contribution in [3.05, 3.63) is 0 Å². The third kappa shape index (κ3) is 1.45. The molecule has 0 bridgehead atoms. The zero-order chi connectivity index (χ0) is 6.85. The first kappa shape index (κ1) is 7.07. The van der Waals surface area contributed by atoms with E-state index in [0.717, 1.165) is 12.1 Å². The molecule has 1 nitrogen and oxygen atoms in total. The largest absolute Gasteiger partial charge is 0.295 e. The second-order valence-electron chi connectivity index (χ2n) is 3.07. The Morgan fingerprint density at radius 1 is 1.22 bits per heavy atom. The summed E-state index contributed by atoms with van der Waals surface area (Å²) < 4.78 is 0. The molecule has 0 amide bonds. The molecule has 1 aliphatic rings. The molecule has 54 valence electrons. The van der Waals surface area contributed by atoms with Crippen LogP contribution in [0, 0.1) is 0 Å². The fraction of sp³-hybridized carbons (Fsp3) is 1.00. The van der Waals surface area contributed by atoms with Crippen molar-refractivity contribution >= 4 is 0 Å². The van der Waals surface area contributed by atoms with Crippen LogP contribution in [-0.2, 0) is 0 Å². The lowest BCUT2D eigenvalue weighted by molar-refractivity contribution is 0.474. The third-order valence-corrected chi connectivity index (χ3v) is 2.42. The summed E-state index contributed by atoms with van der Waals surface area (Å²) in [5.74, 6) is 0. The normalized spacial score (nSPS) is 41.0. The molecule has 0 aromatic carbocycles. The molecule has 0 radical (unpaired) electrons. The van der Waals surface area contributed by atoms with E-state index in [2.05, 4.69) is 25.7 Å². The van der Waals surface area contributed by atoms with Crippen LogP contribution in [0.25, 0.3) is 0 Å². The van der Waals surface area contributed by atoms with Crippen molar-refractivity contribution in [1.29, 1.82) is 0 Å². The van der Waals surface area contributed by atoms with E-state index in [1.807, 2.05) is 0 Å². The van der Waals surface area contributed by atoms with Gasteiger partial charge in [-0.25, -0.2) is 0 Å². The van der Waals surface area contributed by atoms with E-state index in [4.69, 9.17) is 0 Å². The van der Waals surface area contributed by atoms with E-state index in [1.165, 1.54) is 19.4 Å². The molecule has 1 heterocycles. The van der Waals surface area contributed by atoms with Gasteiger partial charge >= 0.3 is 0 Å². The maximum atomic E-state index is 2.55. The van der Waals surface area contributed by atoms with Crippen molar-refractivity contribution in [1.82, 2.24) is 4.90 Å². The van der Waals surface area contributed by atoms with Gasteiger partial charge in [0.25, 0.3) is 0 Å². The number of hydrogen-bond acceptors (Lipinski definition) is 1. The van der Waals surface area contributed by atoms with Gasteiger partial charge < -0.3 is 0 Å². The molecule has 3 atom stereocenters. The van der Waals surface area contributed by atoms with Crippen LogP contribution in [0.2, 0.25) is 0 Å². The van der Waals surface area contributed by atoms with Crippen molar-refractivity contribution in [2.24, 2.45) is 0 Å². The Morgan fingerprint density at radius 3 is 2.11 bits per heavy atom. The van der Waals surface area contributed by atoms with E-state index in [-0.39, 0.29) is 0 Å². The molecule has 0 aliphatic carbocycles. The molecule has 1 heteroatoms. The molecule has 1 unspecified atom stereocenters. The minimum Gasteiger partial charge on any atom is -0.295 e. The lowest BCUT2D eigenvalue weighted by Gasteiger charge is -1.97. The molecule has 0 aromatic heterocycles. The van der Waals surface area contributed by atoms with Crippen LogP contribution in [0.15, 0.2) is 0 Å². The Kier molecular flexibility index (Phi) is 2.12. The van der Waals surface area contributed by atoms with Gasteiger partial charge in [-0.2, -0.15) is 0 Å². The zero-order valence-corrected chi connectivity index (χ0v) is 6.72. The van der Waals surface area contributed by atoms with Crippen LogP contribution in [0.3, 0.4) is 0 Å². The molecule has 0 saturated carbocycles. The smallest absolute Gasteiger partial charge is 0.0224 e. The highest BCUT2D eigenvalue weighted by Gasteiger charge is 2.38. The molecule has 0 N–H and O–H groups in total. The number of nitrogens with zero attached hydrogens (tertiary/aromatic N) is 1. The third-order valence-electron chi connectivity index (χ3n) is 2.42. The summed E-state index contributed by atoms with van der Waals surface area (Å²) in [5, 5.41) is 0. The molecule has 0 aromatic rings. The minimum absolute atomic E-state index is 0.872. The van der Waals surface area contributed by atoms with Gasteiger partial charge in [0, 0.05) is 12.1 Å². The van der Waals surface area contributed by atoms with Gasteiger partial charge in [-0.05, 0) is 26.8 Å². The summed E-state index contributed by atoms with van der Waals surface area (Å²) in [6, 6.07) is 1.74. The Bertz CT molecular complexity index is 82.6. The van der Waals surface area contributed by atoms with Crippen LogP contribution >= 0.6 is 0 Å². The summed E-state index contributed by atoms with van der Waals surface area (Å²) in [5.41, 5.74) is 0. The standard InChI is InChI=1S/C8H17N/c1-4-5-6-9-7(2)8(9)3/h7-8H,4-6H2,1-3H3/t7-,8+,9?. The Balaban J connectivity index is 2.04. The van der Waals surface area contributed by atoms with Crippen LogP contribution < -0.4 is 0 Å². The highest BCUT2D eigenvalue weighted by atomic mass is 15.3. The quantitative estimate of drug-likeness (QED) is 0.523. The average Bonchev–Trinajstić information content (AvgIpc) is 2.39. The summed E-state index contributed by atoms with van der Waals surface area (Å²) >= 11 is 0. The fourth-order valence-corrected chi connectivity index (χ4v) is 1.33. The van der Waals surface area contributed by atoms with Crippen LogP contribution in [0.5, 0.6) is 0 Å². The monoisotopic (exact) mass is 127 g/mol. The molecular formula is C8H17N. The van der Waals surface area contributed by atoms with Gasteiger partial charge in [-0.1, -0.05) is 13.3 Å². The second kappa shape index (κ2) is 2.70. The highest BCUT2D eigenvalue weighted by molar-refractivity contribution is 4.94. The summed E-state index contributed by atoms with van der Waals surface area (Å²) in [6.45, 7) is 8.18. The average molecular weight is 127 g/mol. The molecule has 1 saturated heterocycles. The van der Waals surface area contributed by atoms with Gasteiger partial charge in [-0.3, -0.25) is 4.90 Å². The van der Waals surface area contributed by atoms with Crippen molar-refractivity contribution in [3.63, 3.8) is 0 Å². The lowest BCUT2D eigenvalue weighted by Crippen LogP contribution is -2.02. The molecule has 0 spiro atoms. The van der Waals surface area contributed by atoms with Crippen molar-refractivity contribution in [3.8, 4) is 0 Å². The molecule has 1 aliphatic heterocycles. The Morgan fingerprint density at radius 2 is 1.78 bits per heavy atom. The Hall–Kier alpha value is -0.0400. The first-order valence-corrected chi connectivity index (χ1v) is 4.03. The van der Waals surface area contributed by atoms with E-state index in [9.17, 15) is 0 Å². The number of rotatable bonds is 3. The van der Waals surface area contributed by atoms with Crippen molar-refractivity contribution < 1.29 is 0 Å². The lowest BCUT2D eigenvalue weighted by atomic mass is 10.3. The van der Waals surface area contributed by atoms with Crippen molar-refractivity contribution in [2.45, 2.75) is 45.7 Å². The van der Waals surface area contributed by atoms with Gasteiger partial charge in [0.1, 0.15) is 0 Å². The molecule has 1 rings (SSSR count). The highest BCUT2D eigenvalue weighted by Crippen LogP contribution is 2.26. The van der Waals surface area contributed by atoms with E-state index in [1.54, 1.807) is 0 Å². The molecular weight excluding hydrogens is 110 g/mol. The van der Waals surface area contributed by atoms with Crippen LogP contribution in [0.4, 0.5) is 0 Å². The van der Waals surface area contributed by atoms with E-state index < -0.39 is 0 Å². The Labute approximate surface area is 58.0 Å². The fourth-order valence-electron chi connectivity index (χ4n) is 1.33. The van der Waals surface area contributed by atoms with E-state index >= 15 is 0 Å². The second-order valence-corrected chi connectivity index (χ2v) is 3.07. The number of hydrogen-bond donors (Lipinski definition) is 0. The van der Waals surface area contributed by atoms with Crippen LogP contribution in [0.1, 0.15) is 33.6 Å². The predicted molar refractivity (Wildman–Crippen MR) is 40.5 cm³/mol. The van der Waals surface area contributed by atoms with Gasteiger partial charge in [0.05, 0.1) is 0 Å². The maximum absolute atomic E-state index is 2.55. The van der Waals surface area contributed by atoms with E-state index in [0.29, 0.717) is 0 Å². The summed E-state index contributed by atoms with van der Waals surface area (Å²) in [7, 11) is 0. The summed E-state index contributed by atoms with van der Waals surface area (Å²) in [4.78, 5) is 2.55. The predicted octanol–water partition coefficient (Wildman–Crippen LogP) is 1.88. The number of unbranched alkanes of at least 4 members (excludes halogenated alkanes) is 1. The topological polar surface area (TPSA) is 3.01 Å². The first-order valence-electron chi connectivity index (χ1n) is 4.03. The zero-order valence-electron chi connectivity index (χ0n) is 6.72. The van der Waals surface area contributed by atoms with Gasteiger partial charge in [-0.15, -0.1) is 0 Å². The van der Waals surface area contributed by atoms with Crippen molar-refractivity contribution in [2.75, 3.05) is 6.54 Å². The van der Waals surface area contributed by atoms with Crippen LogP contribution in [-0.4, -0.2) is 23.5 Å². The summed E-state index contributed by atoms with van der Waals surface area (Å²) in [6.07, 6.45) is 2.70. The first-order chi connectivity index (χ1) is 4.27.